The smallest absolute Gasteiger partial charge is 0.330 e. The van der Waals surface area contributed by atoms with Gasteiger partial charge in [-0.1, -0.05) is 64.9 Å². The molecular formula is C24H42O2. The zero-order chi connectivity index (χ0) is 18.6. The Balaban J connectivity index is 1.60. The molecule has 0 aromatic heterocycles. The van der Waals surface area contributed by atoms with E-state index in [1.807, 2.05) is 0 Å². The summed E-state index contributed by atoms with van der Waals surface area (Å²) in [6.45, 7) is 4.98. The Morgan fingerprint density at radius 3 is 2.08 bits per heavy atom. The highest BCUT2D eigenvalue weighted by Crippen LogP contribution is 2.42. The van der Waals surface area contributed by atoms with E-state index in [0.717, 1.165) is 30.6 Å². The van der Waals surface area contributed by atoms with Gasteiger partial charge in [0.15, 0.2) is 0 Å². The molecule has 2 rings (SSSR count). The van der Waals surface area contributed by atoms with Gasteiger partial charge in [-0.3, -0.25) is 0 Å². The maximum Gasteiger partial charge on any atom is 0.330 e. The summed E-state index contributed by atoms with van der Waals surface area (Å²) in [5.41, 5.74) is 0. The zero-order valence-electron chi connectivity index (χ0n) is 17.4. The van der Waals surface area contributed by atoms with E-state index in [4.69, 9.17) is 4.74 Å². The molecule has 2 aliphatic carbocycles. The lowest BCUT2D eigenvalue weighted by Crippen LogP contribution is -2.25. The summed E-state index contributed by atoms with van der Waals surface area (Å²) in [5, 5.41) is 0. The van der Waals surface area contributed by atoms with Gasteiger partial charge in [0.1, 0.15) is 0 Å². The quantitative estimate of drug-likeness (QED) is 0.236. The molecule has 2 aliphatic rings. The van der Waals surface area contributed by atoms with Crippen LogP contribution in [-0.2, 0) is 9.53 Å². The third-order valence-electron chi connectivity index (χ3n) is 6.84. The fourth-order valence-electron chi connectivity index (χ4n) is 5.02. The van der Waals surface area contributed by atoms with Crippen molar-refractivity contribution in [2.45, 2.75) is 104 Å². The molecule has 2 fully saturated rings. The predicted molar refractivity (Wildman–Crippen MR) is 110 cm³/mol. The predicted octanol–water partition coefficient (Wildman–Crippen LogP) is 7.08. The Labute approximate surface area is 162 Å². The van der Waals surface area contributed by atoms with Crippen LogP contribution in [0.15, 0.2) is 12.2 Å². The minimum absolute atomic E-state index is 0.151. The van der Waals surface area contributed by atoms with Crippen molar-refractivity contribution in [3.63, 3.8) is 0 Å². The summed E-state index contributed by atoms with van der Waals surface area (Å²) in [6, 6.07) is 0. The second-order valence-corrected chi connectivity index (χ2v) is 8.83. The van der Waals surface area contributed by atoms with Crippen molar-refractivity contribution in [1.29, 1.82) is 0 Å². The highest BCUT2D eigenvalue weighted by atomic mass is 16.5. The average Bonchev–Trinajstić information content (AvgIpc) is 2.68. The Bertz CT molecular complexity index is 398. The van der Waals surface area contributed by atoms with Crippen LogP contribution in [0.1, 0.15) is 104 Å². The SMILES string of the molecule is CCCCC[C@H]1CC[C@H](C2CCC(/C=C/C(=O)OCCCC)CC2)CC1. The molecule has 26 heavy (non-hydrogen) atoms. The highest BCUT2D eigenvalue weighted by Gasteiger charge is 2.30. The number of hydrogen-bond acceptors (Lipinski definition) is 2. The molecule has 0 radical (unpaired) electrons. The Hall–Kier alpha value is -0.790. The molecule has 0 N–H and O–H groups in total. The third-order valence-corrected chi connectivity index (χ3v) is 6.84. The van der Waals surface area contributed by atoms with Crippen LogP contribution in [-0.4, -0.2) is 12.6 Å². The monoisotopic (exact) mass is 362 g/mol. The van der Waals surface area contributed by atoms with E-state index in [1.165, 1.54) is 77.0 Å². The summed E-state index contributed by atoms with van der Waals surface area (Å²) in [4.78, 5) is 11.7. The summed E-state index contributed by atoms with van der Waals surface area (Å²) in [6.07, 6.45) is 22.7. The first-order chi connectivity index (χ1) is 12.7. The molecule has 2 heteroatoms. The van der Waals surface area contributed by atoms with Crippen molar-refractivity contribution < 1.29 is 9.53 Å². The van der Waals surface area contributed by atoms with Crippen LogP contribution >= 0.6 is 0 Å². The van der Waals surface area contributed by atoms with Gasteiger partial charge < -0.3 is 4.74 Å². The van der Waals surface area contributed by atoms with Crippen LogP contribution in [0.2, 0.25) is 0 Å². The molecule has 0 heterocycles. The molecule has 150 valence electrons. The van der Waals surface area contributed by atoms with Gasteiger partial charge in [0, 0.05) is 6.08 Å². The maximum atomic E-state index is 11.7. The number of carbonyl (C=O) groups excluding carboxylic acids is 1. The topological polar surface area (TPSA) is 26.3 Å². The van der Waals surface area contributed by atoms with Gasteiger partial charge in [0.05, 0.1) is 6.61 Å². The van der Waals surface area contributed by atoms with Gasteiger partial charge in [-0.15, -0.1) is 0 Å². The van der Waals surface area contributed by atoms with Crippen molar-refractivity contribution in [3.05, 3.63) is 12.2 Å². The van der Waals surface area contributed by atoms with E-state index < -0.39 is 0 Å². The lowest BCUT2D eigenvalue weighted by atomic mass is 9.68. The van der Waals surface area contributed by atoms with E-state index in [9.17, 15) is 4.79 Å². The molecule has 0 spiro atoms. The van der Waals surface area contributed by atoms with Crippen molar-refractivity contribution >= 4 is 5.97 Å². The van der Waals surface area contributed by atoms with Gasteiger partial charge in [-0.25, -0.2) is 4.79 Å². The van der Waals surface area contributed by atoms with Crippen molar-refractivity contribution in [3.8, 4) is 0 Å². The van der Waals surface area contributed by atoms with Gasteiger partial charge in [-0.2, -0.15) is 0 Å². The number of esters is 1. The lowest BCUT2D eigenvalue weighted by Gasteiger charge is -2.37. The average molecular weight is 363 g/mol. The number of ether oxygens (including phenoxy) is 1. The molecule has 0 aromatic carbocycles. The summed E-state index contributed by atoms with van der Waals surface area (Å²) < 4.78 is 5.21. The van der Waals surface area contributed by atoms with Gasteiger partial charge in [0.2, 0.25) is 0 Å². The summed E-state index contributed by atoms with van der Waals surface area (Å²) in [5.74, 6) is 3.40. The number of rotatable bonds is 10. The number of allylic oxidation sites excluding steroid dienone is 1. The lowest BCUT2D eigenvalue weighted by molar-refractivity contribution is -0.137. The molecule has 0 bridgehead atoms. The number of hydrogen-bond donors (Lipinski definition) is 0. The van der Waals surface area contributed by atoms with Crippen molar-refractivity contribution in [2.24, 2.45) is 23.7 Å². The largest absolute Gasteiger partial charge is 0.463 e. The molecular weight excluding hydrogens is 320 g/mol. The first kappa shape index (κ1) is 21.5. The molecule has 0 aromatic rings. The molecule has 0 saturated heterocycles. The molecule has 2 nitrogen and oxygen atoms in total. The number of unbranched alkanes of at least 4 members (excludes halogenated alkanes) is 3. The van der Waals surface area contributed by atoms with Crippen molar-refractivity contribution in [2.75, 3.05) is 6.61 Å². The fraction of sp³-hybridized carbons (Fsp3) is 0.875. The molecule has 0 atom stereocenters. The summed E-state index contributed by atoms with van der Waals surface area (Å²) in [7, 11) is 0. The van der Waals surface area contributed by atoms with E-state index in [-0.39, 0.29) is 5.97 Å². The molecule has 2 saturated carbocycles. The second-order valence-electron chi connectivity index (χ2n) is 8.83. The fourth-order valence-corrected chi connectivity index (χ4v) is 5.02. The molecule has 0 unspecified atom stereocenters. The maximum absolute atomic E-state index is 11.7. The molecule has 0 amide bonds. The standard InChI is InChI=1S/C24H42O2/c1-3-5-7-8-20-9-14-22(15-10-20)23-16-11-21(12-17-23)13-18-24(25)26-19-6-4-2/h13,18,20-23H,3-12,14-17,19H2,1-2H3/b18-13+/t20-,21?,22-,23?. The van der Waals surface area contributed by atoms with Gasteiger partial charge in [-0.05, 0) is 68.6 Å². The van der Waals surface area contributed by atoms with E-state index in [0.29, 0.717) is 12.5 Å². The Kier molecular flexibility index (Phi) is 10.4. The van der Waals surface area contributed by atoms with Crippen LogP contribution < -0.4 is 0 Å². The first-order valence-corrected chi connectivity index (χ1v) is 11.6. The normalized spacial score (nSPS) is 29.8. The van der Waals surface area contributed by atoms with Gasteiger partial charge in [0.25, 0.3) is 0 Å². The number of carbonyl (C=O) groups is 1. The minimum atomic E-state index is -0.151. The van der Waals surface area contributed by atoms with Crippen molar-refractivity contribution in [1.82, 2.24) is 0 Å². The summed E-state index contributed by atoms with van der Waals surface area (Å²) >= 11 is 0. The van der Waals surface area contributed by atoms with Crippen LogP contribution in [0, 0.1) is 23.7 Å². The Morgan fingerprint density at radius 2 is 1.46 bits per heavy atom. The first-order valence-electron chi connectivity index (χ1n) is 11.6. The Morgan fingerprint density at radius 1 is 0.846 bits per heavy atom. The second kappa shape index (κ2) is 12.6. The van der Waals surface area contributed by atoms with E-state index in [2.05, 4.69) is 19.9 Å². The van der Waals surface area contributed by atoms with Gasteiger partial charge >= 0.3 is 5.97 Å². The van der Waals surface area contributed by atoms with E-state index in [1.54, 1.807) is 6.08 Å². The van der Waals surface area contributed by atoms with Crippen LogP contribution in [0.3, 0.4) is 0 Å². The third kappa shape index (κ3) is 7.84. The zero-order valence-corrected chi connectivity index (χ0v) is 17.4. The highest BCUT2D eigenvalue weighted by molar-refractivity contribution is 5.81. The van der Waals surface area contributed by atoms with Crippen LogP contribution in [0.5, 0.6) is 0 Å². The van der Waals surface area contributed by atoms with E-state index >= 15 is 0 Å². The molecule has 0 aliphatic heterocycles. The van der Waals surface area contributed by atoms with Crippen LogP contribution in [0.4, 0.5) is 0 Å². The van der Waals surface area contributed by atoms with Crippen LogP contribution in [0.25, 0.3) is 0 Å². The minimum Gasteiger partial charge on any atom is -0.463 e.